The Morgan fingerprint density at radius 2 is 1.76 bits per heavy atom. The molecule has 1 aromatic heterocycles. The van der Waals surface area contributed by atoms with E-state index >= 15 is 0 Å². The number of amides is 2. The number of benzene rings is 1. The first-order valence-corrected chi connectivity index (χ1v) is 11.1. The van der Waals surface area contributed by atoms with Crippen molar-refractivity contribution in [1.82, 2.24) is 4.90 Å². The Morgan fingerprint density at radius 1 is 1.15 bits per heavy atom. The van der Waals surface area contributed by atoms with Gasteiger partial charge >= 0.3 is 11.9 Å². The molecule has 0 saturated carbocycles. The van der Waals surface area contributed by atoms with Crippen LogP contribution < -0.4 is 5.73 Å². The van der Waals surface area contributed by atoms with Gasteiger partial charge in [-0.2, -0.15) is 5.26 Å². The standard InChI is InChI=1S/C23H23N3O6S/c1-4-31-23(30)18-16(15(10-24)19(25)33-18)11-32-22(29)17(9-12(2)3)26-20(27)13-7-5-6-8-14(13)21(26)28/h5-8,12,17H,4,9,11,25H2,1-3H3. The number of fused-ring (bicyclic) bond motifs is 1. The molecule has 2 amide bonds. The van der Waals surface area contributed by atoms with Gasteiger partial charge in [0.2, 0.25) is 0 Å². The van der Waals surface area contributed by atoms with Gasteiger partial charge in [-0.15, -0.1) is 11.3 Å². The maximum atomic E-state index is 13.1. The highest BCUT2D eigenvalue weighted by atomic mass is 32.1. The fourth-order valence-electron chi connectivity index (χ4n) is 3.59. The molecular formula is C23H23N3O6S. The predicted octanol–water partition coefficient (Wildman–Crippen LogP) is 3.13. The van der Waals surface area contributed by atoms with E-state index in [0.29, 0.717) is 0 Å². The number of nitriles is 1. The van der Waals surface area contributed by atoms with Crippen molar-refractivity contribution in [2.45, 2.75) is 39.8 Å². The summed E-state index contributed by atoms with van der Waals surface area (Å²) in [5, 5.41) is 9.55. The average molecular weight is 470 g/mol. The van der Waals surface area contributed by atoms with Crippen molar-refractivity contribution < 1.29 is 28.7 Å². The van der Waals surface area contributed by atoms with E-state index in [4.69, 9.17) is 15.2 Å². The van der Waals surface area contributed by atoms with Crippen molar-refractivity contribution in [2.24, 2.45) is 5.92 Å². The van der Waals surface area contributed by atoms with Crippen LogP contribution in [0.2, 0.25) is 0 Å². The third kappa shape index (κ3) is 4.59. The predicted molar refractivity (Wildman–Crippen MR) is 119 cm³/mol. The fraction of sp³-hybridized carbons (Fsp3) is 0.348. The summed E-state index contributed by atoms with van der Waals surface area (Å²) in [7, 11) is 0. The number of imide groups is 1. The summed E-state index contributed by atoms with van der Waals surface area (Å²) in [6.45, 7) is 5.03. The minimum Gasteiger partial charge on any atom is -0.462 e. The monoisotopic (exact) mass is 469 g/mol. The first kappa shape index (κ1) is 23.9. The van der Waals surface area contributed by atoms with Crippen molar-refractivity contribution in [3.8, 4) is 6.07 Å². The van der Waals surface area contributed by atoms with Gasteiger partial charge in [-0.05, 0) is 31.4 Å². The number of nitrogen functional groups attached to an aromatic ring is 1. The van der Waals surface area contributed by atoms with E-state index < -0.39 is 36.4 Å². The van der Waals surface area contributed by atoms with Gasteiger partial charge in [0, 0.05) is 5.56 Å². The van der Waals surface area contributed by atoms with Crippen LogP contribution in [-0.2, 0) is 20.9 Å². The summed E-state index contributed by atoms with van der Waals surface area (Å²) < 4.78 is 10.4. The number of anilines is 1. The van der Waals surface area contributed by atoms with Crippen LogP contribution in [0.5, 0.6) is 0 Å². The van der Waals surface area contributed by atoms with Crippen molar-refractivity contribution in [2.75, 3.05) is 12.3 Å². The number of hydrogen-bond donors (Lipinski definition) is 1. The summed E-state index contributed by atoms with van der Waals surface area (Å²) in [6.07, 6.45) is 0.186. The van der Waals surface area contributed by atoms with Gasteiger partial charge in [-0.25, -0.2) is 9.59 Å². The summed E-state index contributed by atoms with van der Waals surface area (Å²) in [6, 6.07) is 7.11. The van der Waals surface area contributed by atoms with Crippen LogP contribution in [-0.4, -0.2) is 41.3 Å². The number of rotatable bonds is 8. The molecule has 2 N–H and O–H groups in total. The van der Waals surface area contributed by atoms with Gasteiger partial charge in [0.1, 0.15) is 28.6 Å². The number of thiophene rings is 1. The zero-order valence-corrected chi connectivity index (χ0v) is 19.2. The van der Waals surface area contributed by atoms with E-state index in [1.165, 1.54) is 12.1 Å². The fourth-order valence-corrected chi connectivity index (χ4v) is 4.51. The van der Waals surface area contributed by atoms with Crippen LogP contribution in [0.4, 0.5) is 5.00 Å². The van der Waals surface area contributed by atoms with E-state index in [0.717, 1.165) is 16.2 Å². The van der Waals surface area contributed by atoms with E-state index in [1.54, 1.807) is 19.1 Å². The van der Waals surface area contributed by atoms with Gasteiger partial charge in [-0.1, -0.05) is 26.0 Å². The van der Waals surface area contributed by atoms with E-state index in [1.807, 2.05) is 19.9 Å². The van der Waals surface area contributed by atoms with Crippen LogP contribution in [0.3, 0.4) is 0 Å². The molecule has 1 aliphatic heterocycles. The number of nitrogens with two attached hydrogens (primary N) is 1. The highest BCUT2D eigenvalue weighted by molar-refractivity contribution is 7.18. The molecule has 3 rings (SSSR count). The van der Waals surface area contributed by atoms with Crippen LogP contribution in [0.25, 0.3) is 0 Å². The van der Waals surface area contributed by atoms with Gasteiger partial charge in [0.05, 0.1) is 23.3 Å². The summed E-state index contributed by atoms with van der Waals surface area (Å²) in [5.41, 5.74) is 6.47. The van der Waals surface area contributed by atoms with Gasteiger partial charge in [0.25, 0.3) is 11.8 Å². The lowest BCUT2D eigenvalue weighted by Gasteiger charge is -2.26. The van der Waals surface area contributed by atoms with Crippen LogP contribution in [0.15, 0.2) is 24.3 Å². The minimum absolute atomic E-state index is 0.0250. The smallest absolute Gasteiger partial charge is 0.348 e. The molecule has 0 radical (unpaired) electrons. The molecule has 0 spiro atoms. The molecule has 0 fully saturated rings. The first-order chi connectivity index (χ1) is 15.7. The van der Waals surface area contributed by atoms with Crippen LogP contribution in [0.1, 0.15) is 68.7 Å². The highest BCUT2D eigenvalue weighted by Crippen LogP contribution is 2.33. The SMILES string of the molecule is CCOC(=O)c1sc(N)c(C#N)c1COC(=O)C(CC(C)C)N1C(=O)c2ccccc2C1=O. The highest BCUT2D eigenvalue weighted by Gasteiger charge is 2.43. The number of carbonyl (C=O) groups excluding carboxylic acids is 4. The number of nitrogens with zero attached hydrogens (tertiary/aromatic N) is 2. The Hall–Kier alpha value is -3.71. The summed E-state index contributed by atoms with van der Waals surface area (Å²) in [5.74, 6) is -2.67. The molecule has 1 unspecified atom stereocenters. The Balaban J connectivity index is 1.88. The van der Waals surface area contributed by atoms with Gasteiger partial charge < -0.3 is 15.2 Å². The largest absolute Gasteiger partial charge is 0.462 e. The van der Waals surface area contributed by atoms with Gasteiger partial charge in [0.15, 0.2) is 0 Å². The Kier molecular flexibility index (Phi) is 7.13. The number of esters is 2. The lowest BCUT2D eigenvalue weighted by molar-refractivity contribution is -0.150. The second-order valence-electron chi connectivity index (χ2n) is 7.76. The molecule has 10 heteroatoms. The Bertz CT molecular complexity index is 1130. The molecule has 0 saturated heterocycles. The molecule has 172 valence electrons. The molecule has 1 aromatic carbocycles. The molecule has 0 aliphatic carbocycles. The number of ether oxygens (including phenoxy) is 2. The van der Waals surface area contributed by atoms with E-state index in [9.17, 15) is 24.4 Å². The molecule has 1 atom stereocenters. The summed E-state index contributed by atoms with van der Waals surface area (Å²) >= 11 is 0.873. The summed E-state index contributed by atoms with van der Waals surface area (Å²) in [4.78, 5) is 52.2. The zero-order valence-electron chi connectivity index (χ0n) is 18.4. The maximum Gasteiger partial charge on any atom is 0.348 e. The Morgan fingerprint density at radius 3 is 2.27 bits per heavy atom. The minimum atomic E-state index is -1.16. The third-order valence-electron chi connectivity index (χ3n) is 5.07. The third-order valence-corrected chi connectivity index (χ3v) is 6.11. The molecule has 33 heavy (non-hydrogen) atoms. The number of hydrogen-bond acceptors (Lipinski definition) is 9. The second kappa shape index (κ2) is 9.83. The van der Waals surface area contributed by atoms with Gasteiger partial charge in [-0.3, -0.25) is 14.5 Å². The number of carbonyl (C=O) groups is 4. The van der Waals surface area contributed by atoms with Crippen molar-refractivity contribution in [1.29, 1.82) is 5.26 Å². The van der Waals surface area contributed by atoms with Crippen molar-refractivity contribution in [3.05, 3.63) is 51.4 Å². The van der Waals surface area contributed by atoms with Crippen molar-refractivity contribution >= 4 is 40.1 Å². The van der Waals surface area contributed by atoms with E-state index in [-0.39, 0.29) is 51.1 Å². The molecular weight excluding hydrogens is 446 g/mol. The van der Waals surface area contributed by atoms with Crippen molar-refractivity contribution in [3.63, 3.8) is 0 Å². The quantitative estimate of drug-likeness (QED) is 0.459. The normalized spacial score (nSPS) is 13.6. The zero-order chi connectivity index (χ0) is 24.3. The second-order valence-corrected chi connectivity index (χ2v) is 8.81. The lowest BCUT2D eigenvalue weighted by atomic mass is 10.0. The van der Waals surface area contributed by atoms with E-state index in [2.05, 4.69) is 0 Å². The molecule has 2 aromatic rings. The van der Waals surface area contributed by atoms with Crippen LogP contribution >= 0.6 is 11.3 Å². The molecule has 1 aliphatic rings. The molecule has 0 bridgehead atoms. The Labute approximate surface area is 194 Å². The molecule has 9 nitrogen and oxygen atoms in total. The average Bonchev–Trinajstić information content (AvgIpc) is 3.24. The maximum absolute atomic E-state index is 13.1. The first-order valence-electron chi connectivity index (χ1n) is 10.3. The van der Waals surface area contributed by atoms with Crippen LogP contribution in [0, 0.1) is 17.2 Å². The lowest BCUT2D eigenvalue weighted by Crippen LogP contribution is -2.46. The topological polar surface area (TPSA) is 140 Å². The molecule has 2 heterocycles.